The Morgan fingerprint density at radius 3 is 2.41 bits per heavy atom. The first-order valence-corrected chi connectivity index (χ1v) is 10.3. The second-order valence-electron chi connectivity index (χ2n) is 6.21. The van der Waals surface area contributed by atoms with Gasteiger partial charge in [-0.25, -0.2) is 0 Å². The van der Waals surface area contributed by atoms with Crippen molar-refractivity contribution >= 4 is 57.1 Å². The second-order valence-corrected chi connectivity index (χ2v) is 7.41. The molecule has 2 aromatic carbocycles. The summed E-state index contributed by atoms with van der Waals surface area (Å²) in [6, 6.07) is 9.01. The number of methoxy groups -OCH3 is 2. The molecule has 0 amide bonds. The van der Waals surface area contributed by atoms with Gasteiger partial charge in [-0.2, -0.15) is 0 Å². The van der Waals surface area contributed by atoms with Gasteiger partial charge in [-0.1, -0.05) is 23.2 Å². The molecule has 1 N–H and O–H groups in total. The maximum atomic E-state index is 6.35. The summed E-state index contributed by atoms with van der Waals surface area (Å²) in [4.78, 5) is 4.46. The lowest BCUT2D eigenvalue weighted by Crippen LogP contribution is -2.01. The molecule has 0 fully saturated rings. The predicted octanol–water partition coefficient (Wildman–Crippen LogP) is 6.70. The molecule has 29 heavy (non-hydrogen) atoms. The molecule has 0 aliphatic heterocycles. The maximum absolute atomic E-state index is 6.35. The van der Waals surface area contributed by atoms with Crippen molar-refractivity contribution in [2.45, 2.75) is 12.8 Å². The fraction of sp³-hybridized carbons (Fsp3) is 0.286. The van der Waals surface area contributed by atoms with Crippen LogP contribution in [0.2, 0.25) is 10.0 Å². The Kier molecular flexibility index (Phi) is 7.53. The average molecular weight is 456 g/mol. The van der Waals surface area contributed by atoms with Crippen molar-refractivity contribution in [1.29, 1.82) is 0 Å². The highest BCUT2D eigenvalue weighted by Gasteiger charge is 2.13. The van der Waals surface area contributed by atoms with Crippen molar-refractivity contribution in [3.63, 3.8) is 0 Å². The second kappa shape index (κ2) is 10.1. The molecule has 0 aliphatic carbocycles. The molecule has 0 atom stereocenters. The molecule has 0 spiro atoms. The molecule has 0 unspecified atom stereocenters. The minimum atomic E-state index is 0.445. The molecule has 0 bridgehead atoms. The fourth-order valence-corrected chi connectivity index (χ4v) is 3.54. The number of ether oxygens (including phenoxy) is 3. The number of nitrogens with one attached hydrogen (secondary N) is 1. The summed E-state index contributed by atoms with van der Waals surface area (Å²) < 4.78 is 16.7. The van der Waals surface area contributed by atoms with Crippen LogP contribution in [0.15, 0.2) is 36.5 Å². The molecule has 1 aromatic heterocycles. The van der Waals surface area contributed by atoms with Gasteiger partial charge >= 0.3 is 0 Å². The highest BCUT2D eigenvalue weighted by atomic mass is 35.5. The van der Waals surface area contributed by atoms with Gasteiger partial charge in [0.1, 0.15) is 5.75 Å². The topological polar surface area (TPSA) is 52.6 Å². The number of anilines is 2. The summed E-state index contributed by atoms with van der Waals surface area (Å²) in [5, 5.41) is 5.11. The van der Waals surface area contributed by atoms with E-state index in [9.17, 15) is 0 Å². The number of hydrogen-bond acceptors (Lipinski definition) is 5. The van der Waals surface area contributed by atoms with E-state index in [2.05, 4.69) is 10.3 Å². The summed E-state index contributed by atoms with van der Waals surface area (Å²) in [6.07, 6.45) is 3.49. The summed E-state index contributed by atoms with van der Waals surface area (Å²) in [7, 11) is 3.16. The van der Waals surface area contributed by atoms with E-state index >= 15 is 0 Å². The molecule has 0 radical (unpaired) electrons. The first-order chi connectivity index (χ1) is 14.1. The third kappa shape index (κ3) is 5.10. The Morgan fingerprint density at radius 2 is 1.69 bits per heavy atom. The third-order valence-corrected chi connectivity index (χ3v) is 5.20. The van der Waals surface area contributed by atoms with Crippen LogP contribution < -0.4 is 19.5 Å². The lowest BCUT2D eigenvalue weighted by molar-refractivity contribution is 0.289. The van der Waals surface area contributed by atoms with E-state index < -0.39 is 0 Å². The number of alkyl halides is 1. The van der Waals surface area contributed by atoms with Gasteiger partial charge in [-0.05, 0) is 31.0 Å². The molecule has 1 heterocycles. The smallest absolute Gasteiger partial charge is 0.163 e. The molecule has 3 rings (SSSR count). The van der Waals surface area contributed by atoms with Crippen LogP contribution in [0.5, 0.6) is 17.2 Å². The number of nitrogens with zero attached hydrogens (tertiary/aromatic N) is 1. The van der Waals surface area contributed by atoms with Gasteiger partial charge < -0.3 is 19.5 Å². The molecule has 3 aromatic rings. The molecule has 154 valence electrons. The van der Waals surface area contributed by atoms with Crippen LogP contribution >= 0.6 is 34.8 Å². The van der Waals surface area contributed by atoms with E-state index in [1.54, 1.807) is 32.5 Å². The van der Waals surface area contributed by atoms with E-state index in [0.717, 1.165) is 29.4 Å². The zero-order valence-electron chi connectivity index (χ0n) is 16.1. The molecule has 0 aliphatic rings. The Labute approximate surface area is 184 Å². The Morgan fingerprint density at radius 1 is 0.897 bits per heavy atom. The first-order valence-electron chi connectivity index (χ1n) is 9.03. The number of benzene rings is 2. The maximum Gasteiger partial charge on any atom is 0.163 e. The van der Waals surface area contributed by atoms with Crippen molar-refractivity contribution in [1.82, 2.24) is 4.98 Å². The number of aromatic nitrogens is 1. The summed E-state index contributed by atoms with van der Waals surface area (Å²) in [6.45, 7) is 0.562. The van der Waals surface area contributed by atoms with Crippen LogP contribution in [-0.4, -0.2) is 31.7 Å². The number of halogens is 3. The highest BCUT2D eigenvalue weighted by Crippen LogP contribution is 2.39. The zero-order chi connectivity index (χ0) is 20.8. The first kappa shape index (κ1) is 21.6. The number of rotatable bonds is 9. The van der Waals surface area contributed by atoms with Gasteiger partial charge in [0.05, 0.1) is 42.1 Å². The Hall–Kier alpha value is -2.08. The van der Waals surface area contributed by atoms with Crippen LogP contribution in [0.3, 0.4) is 0 Å². The van der Waals surface area contributed by atoms with Crippen LogP contribution in [-0.2, 0) is 0 Å². The van der Waals surface area contributed by atoms with E-state index in [1.807, 2.05) is 18.2 Å². The van der Waals surface area contributed by atoms with Crippen molar-refractivity contribution in [2.24, 2.45) is 0 Å². The largest absolute Gasteiger partial charge is 0.495 e. The molecule has 5 nitrogen and oxygen atoms in total. The predicted molar refractivity (Wildman–Crippen MR) is 120 cm³/mol. The number of unbranched alkanes of at least 4 members (excludes halogenated alkanes) is 1. The number of pyridine rings is 1. The van der Waals surface area contributed by atoms with Gasteiger partial charge in [-0.15, -0.1) is 11.6 Å². The molecule has 0 saturated carbocycles. The van der Waals surface area contributed by atoms with Gasteiger partial charge in [0, 0.05) is 35.3 Å². The summed E-state index contributed by atoms with van der Waals surface area (Å²) >= 11 is 18.2. The molecule has 8 heteroatoms. The van der Waals surface area contributed by atoms with Crippen LogP contribution in [0.25, 0.3) is 10.9 Å². The summed E-state index contributed by atoms with van der Waals surface area (Å²) in [5.74, 6) is 2.42. The standard InChI is InChI=1S/C21H21Cl3N2O3/c1-27-19-12-18(14(23)10-15(19)24)26-16-5-7-25-17-11-21(29-8-4-3-6-22)20(28-2)9-13(16)17/h5,7,9-12H,3-4,6,8H2,1-2H3,(H,25,26). The fourth-order valence-electron chi connectivity index (χ4n) is 2.84. The zero-order valence-corrected chi connectivity index (χ0v) is 18.4. The lowest BCUT2D eigenvalue weighted by Gasteiger charge is -2.15. The summed E-state index contributed by atoms with van der Waals surface area (Å²) in [5.41, 5.74) is 2.24. The molecule has 0 saturated heterocycles. The number of hydrogen-bond donors (Lipinski definition) is 1. The SMILES string of the molecule is COc1cc(Nc2ccnc3cc(OCCCCCl)c(OC)cc23)c(Cl)cc1Cl. The third-order valence-electron chi connectivity index (χ3n) is 4.32. The average Bonchev–Trinajstić information content (AvgIpc) is 2.72. The van der Waals surface area contributed by atoms with E-state index in [1.165, 1.54) is 0 Å². The van der Waals surface area contributed by atoms with Gasteiger partial charge in [0.2, 0.25) is 0 Å². The van der Waals surface area contributed by atoms with Crippen LogP contribution in [0, 0.1) is 0 Å². The van der Waals surface area contributed by atoms with E-state index in [-0.39, 0.29) is 0 Å². The minimum Gasteiger partial charge on any atom is -0.495 e. The quantitative estimate of drug-likeness (QED) is 0.287. The van der Waals surface area contributed by atoms with E-state index in [0.29, 0.717) is 45.5 Å². The Balaban J connectivity index is 1.95. The van der Waals surface area contributed by atoms with Crippen LogP contribution in [0.4, 0.5) is 11.4 Å². The number of fused-ring (bicyclic) bond motifs is 1. The highest BCUT2D eigenvalue weighted by molar-refractivity contribution is 6.37. The van der Waals surface area contributed by atoms with Crippen molar-refractivity contribution < 1.29 is 14.2 Å². The van der Waals surface area contributed by atoms with Crippen molar-refractivity contribution in [3.05, 3.63) is 46.6 Å². The molecular formula is C21H21Cl3N2O3. The van der Waals surface area contributed by atoms with Crippen molar-refractivity contribution in [2.75, 3.05) is 32.0 Å². The van der Waals surface area contributed by atoms with Crippen molar-refractivity contribution in [3.8, 4) is 17.2 Å². The van der Waals surface area contributed by atoms with E-state index in [4.69, 9.17) is 49.0 Å². The van der Waals surface area contributed by atoms with Gasteiger partial charge in [0.25, 0.3) is 0 Å². The molecular weight excluding hydrogens is 435 g/mol. The monoisotopic (exact) mass is 454 g/mol. The van der Waals surface area contributed by atoms with Gasteiger partial charge in [0.15, 0.2) is 11.5 Å². The van der Waals surface area contributed by atoms with Crippen LogP contribution in [0.1, 0.15) is 12.8 Å². The Bertz CT molecular complexity index is 999. The van der Waals surface area contributed by atoms with Gasteiger partial charge in [-0.3, -0.25) is 4.98 Å². The normalized spacial score (nSPS) is 10.8. The lowest BCUT2D eigenvalue weighted by atomic mass is 10.1. The minimum absolute atomic E-state index is 0.445.